The fraction of sp³-hybridized carbons (Fsp3) is 0.0714. The normalized spacial score (nSPS) is 11.1. The molecule has 0 aliphatic rings. The van der Waals surface area contributed by atoms with E-state index in [-0.39, 0.29) is 16.1 Å². The lowest BCUT2D eigenvalue weighted by Crippen LogP contribution is -2.13. The number of carbonyl (C=O) groups is 1. The first-order valence-electron chi connectivity index (χ1n) is 5.98. The first kappa shape index (κ1) is 15.0. The Morgan fingerprint density at radius 2 is 1.71 bits per heavy atom. The third-order valence-corrected chi connectivity index (χ3v) is 3.88. The van der Waals surface area contributed by atoms with E-state index < -0.39 is 16.1 Å². The first-order chi connectivity index (χ1) is 9.90. The van der Waals surface area contributed by atoms with Gasteiger partial charge in [0.2, 0.25) is 0 Å². The number of carboxylic acid groups (broad SMARTS) is 1. The average Bonchev–Trinajstić information content (AvgIpc) is 2.46. The van der Waals surface area contributed by atoms with Gasteiger partial charge in [0.05, 0.1) is 16.1 Å². The monoisotopic (exact) mass is 307 g/mol. The molecule has 0 bridgehead atoms. The molecule has 0 heterocycles. The van der Waals surface area contributed by atoms with E-state index in [1.54, 1.807) is 18.2 Å². The van der Waals surface area contributed by atoms with Crippen molar-refractivity contribution in [3.63, 3.8) is 0 Å². The van der Waals surface area contributed by atoms with E-state index in [4.69, 9.17) is 9.39 Å². The van der Waals surface area contributed by atoms with Gasteiger partial charge in [0.15, 0.2) is 0 Å². The highest BCUT2D eigenvalue weighted by Gasteiger charge is 2.17. The molecule has 0 radical (unpaired) electrons. The molecule has 2 rings (SSSR count). The predicted octanol–water partition coefficient (Wildman–Crippen LogP) is 2.43. The minimum Gasteiger partial charge on any atom is -0.478 e. The second-order valence-electron chi connectivity index (χ2n) is 4.30. The zero-order chi connectivity index (χ0) is 15.5. The maximum atomic E-state index is 12.0. The van der Waals surface area contributed by atoms with Crippen molar-refractivity contribution in [3.8, 4) is 0 Å². The Hall–Kier alpha value is -2.38. The van der Waals surface area contributed by atoms with Crippen LogP contribution in [0.5, 0.6) is 0 Å². The molecule has 0 aliphatic heterocycles. The molecule has 6 nitrogen and oxygen atoms in total. The van der Waals surface area contributed by atoms with E-state index in [0.717, 1.165) is 5.56 Å². The Balaban J connectivity index is 2.19. The van der Waals surface area contributed by atoms with E-state index in [9.17, 15) is 13.2 Å². The highest BCUT2D eigenvalue weighted by molar-refractivity contribution is 7.86. The van der Waals surface area contributed by atoms with E-state index in [1.165, 1.54) is 30.3 Å². The van der Waals surface area contributed by atoms with Crippen molar-refractivity contribution in [2.75, 3.05) is 5.48 Å². The van der Waals surface area contributed by atoms with Crippen LogP contribution in [0.2, 0.25) is 0 Å². The Kier molecular flexibility index (Phi) is 4.25. The highest BCUT2D eigenvalue weighted by atomic mass is 32.2. The predicted molar refractivity (Wildman–Crippen MR) is 76.5 cm³/mol. The van der Waals surface area contributed by atoms with Crippen LogP contribution >= 0.6 is 0 Å². The minimum absolute atomic E-state index is 0.0200. The van der Waals surface area contributed by atoms with Crippen LogP contribution in [0.4, 0.5) is 5.69 Å². The van der Waals surface area contributed by atoms with Crippen molar-refractivity contribution in [3.05, 3.63) is 59.7 Å². The van der Waals surface area contributed by atoms with Crippen LogP contribution in [0.3, 0.4) is 0 Å². The molecule has 0 atom stereocenters. The molecule has 2 aromatic rings. The van der Waals surface area contributed by atoms with Crippen LogP contribution in [-0.2, 0) is 14.4 Å². The van der Waals surface area contributed by atoms with Crippen LogP contribution in [0, 0.1) is 6.92 Å². The van der Waals surface area contributed by atoms with Gasteiger partial charge in [-0.25, -0.2) is 10.3 Å². The fourth-order valence-corrected chi connectivity index (χ4v) is 2.38. The number of carboxylic acids is 1. The summed E-state index contributed by atoms with van der Waals surface area (Å²) in [5, 5.41) is 9.00. The smallest absolute Gasteiger partial charge is 0.337 e. The van der Waals surface area contributed by atoms with Gasteiger partial charge < -0.3 is 5.11 Å². The van der Waals surface area contributed by atoms with Gasteiger partial charge in [0.25, 0.3) is 0 Å². The Morgan fingerprint density at radius 3 is 2.33 bits per heavy atom. The molecule has 110 valence electrons. The third kappa shape index (κ3) is 3.59. The molecule has 2 aromatic carbocycles. The molecule has 0 fully saturated rings. The second kappa shape index (κ2) is 5.94. The van der Waals surface area contributed by atoms with Crippen molar-refractivity contribution < 1.29 is 22.6 Å². The maximum absolute atomic E-state index is 12.0. The fourth-order valence-electron chi connectivity index (χ4n) is 1.61. The SMILES string of the molecule is Cc1ccc(S(=O)(=O)ONc2ccccc2C(=O)O)cc1. The molecular weight excluding hydrogens is 294 g/mol. The Labute approximate surface area is 122 Å². The number of para-hydroxylation sites is 1. The van der Waals surface area contributed by atoms with Gasteiger partial charge in [0.1, 0.15) is 0 Å². The summed E-state index contributed by atoms with van der Waals surface area (Å²) in [6.07, 6.45) is 0. The molecule has 0 saturated heterocycles. The molecule has 0 spiro atoms. The largest absolute Gasteiger partial charge is 0.478 e. The van der Waals surface area contributed by atoms with Gasteiger partial charge in [0, 0.05) is 0 Å². The van der Waals surface area contributed by atoms with Gasteiger partial charge in [-0.3, -0.25) is 0 Å². The van der Waals surface area contributed by atoms with E-state index in [0.29, 0.717) is 0 Å². The third-order valence-electron chi connectivity index (χ3n) is 2.73. The van der Waals surface area contributed by atoms with E-state index in [1.807, 2.05) is 6.92 Å². The summed E-state index contributed by atoms with van der Waals surface area (Å²) < 4.78 is 28.6. The molecular formula is C14H13NO5S. The van der Waals surface area contributed by atoms with Gasteiger partial charge in [-0.2, -0.15) is 8.42 Å². The Bertz CT molecular complexity index is 753. The minimum atomic E-state index is -4.02. The van der Waals surface area contributed by atoms with E-state index >= 15 is 0 Å². The van der Waals surface area contributed by atoms with Crippen LogP contribution in [0.25, 0.3) is 0 Å². The summed E-state index contributed by atoms with van der Waals surface area (Å²) in [4.78, 5) is 11.0. The summed E-state index contributed by atoms with van der Waals surface area (Å²) in [5.41, 5.74) is 3.06. The number of rotatable bonds is 5. The zero-order valence-electron chi connectivity index (χ0n) is 11.1. The summed E-state index contributed by atoms with van der Waals surface area (Å²) in [6.45, 7) is 1.83. The molecule has 0 saturated carbocycles. The average molecular weight is 307 g/mol. The zero-order valence-corrected chi connectivity index (χ0v) is 11.9. The molecule has 0 aliphatic carbocycles. The van der Waals surface area contributed by atoms with Crippen LogP contribution < -0.4 is 5.48 Å². The van der Waals surface area contributed by atoms with Gasteiger partial charge in [-0.1, -0.05) is 29.8 Å². The second-order valence-corrected chi connectivity index (χ2v) is 5.85. The number of anilines is 1. The molecule has 0 aromatic heterocycles. The number of hydrogen-bond donors (Lipinski definition) is 2. The molecule has 2 N–H and O–H groups in total. The van der Waals surface area contributed by atoms with Crippen LogP contribution in [0.1, 0.15) is 15.9 Å². The highest BCUT2D eigenvalue weighted by Crippen LogP contribution is 2.18. The van der Waals surface area contributed by atoms with Crippen LogP contribution in [-0.4, -0.2) is 19.5 Å². The van der Waals surface area contributed by atoms with Gasteiger partial charge in [-0.05, 0) is 31.2 Å². The summed E-state index contributed by atoms with van der Waals surface area (Å²) in [5.74, 6) is -1.19. The molecule has 21 heavy (non-hydrogen) atoms. The quantitative estimate of drug-likeness (QED) is 0.824. The van der Waals surface area contributed by atoms with Crippen molar-refractivity contribution in [2.45, 2.75) is 11.8 Å². The number of aryl methyl sites for hydroxylation is 1. The molecule has 0 amide bonds. The number of hydrogen-bond acceptors (Lipinski definition) is 5. The summed E-state index contributed by atoms with van der Waals surface area (Å²) in [6, 6.07) is 12.0. The summed E-state index contributed by atoms with van der Waals surface area (Å²) in [7, 11) is -4.02. The number of aromatic carboxylic acids is 1. The lowest BCUT2D eigenvalue weighted by Gasteiger charge is -2.09. The first-order valence-corrected chi connectivity index (χ1v) is 7.39. The van der Waals surface area contributed by atoms with Crippen molar-refractivity contribution >= 4 is 21.8 Å². The lowest BCUT2D eigenvalue weighted by molar-refractivity contribution is 0.0697. The number of nitrogens with one attached hydrogen (secondary N) is 1. The van der Waals surface area contributed by atoms with E-state index in [2.05, 4.69) is 5.48 Å². The van der Waals surface area contributed by atoms with Gasteiger partial charge >= 0.3 is 16.1 Å². The number of benzene rings is 2. The lowest BCUT2D eigenvalue weighted by atomic mass is 10.2. The summed E-state index contributed by atoms with van der Waals surface area (Å²) >= 11 is 0. The standard InChI is InChI=1S/C14H13NO5S/c1-10-6-8-11(9-7-10)21(18,19)20-15-13-5-3-2-4-12(13)14(16)17/h2-9,15H,1H3,(H,16,17). The van der Waals surface area contributed by atoms with Crippen molar-refractivity contribution in [2.24, 2.45) is 0 Å². The molecule has 7 heteroatoms. The maximum Gasteiger partial charge on any atom is 0.337 e. The topological polar surface area (TPSA) is 92.7 Å². The Morgan fingerprint density at radius 1 is 1.10 bits per heavy atom. The van der Waals surface area contributed by atoms with Crippen molar-refractivity contribution in [1.82, 2.24) is 0 Å². The van der Waals surface area contributed by atoms with Crippen molar-refractivity contribution in [1.29, 1.82) is 0 Å². The van der Waals surface area contributed by atoms with Gasteiger partial charge in [-0.15, -0.1) is 4.28 Å². The molecule has 0 unspecified atom stereocenters. The van der Waals surface area contributed by atoms with Crippen LogP contribution in [0.15, 0.2) is 53.4 Å².